The molecule has 2 heterocycles. The molecule has 0 unspecified atom stereocenters. The molecule has 1 amide bonds. The molecule has 0 radical (unpaired) electrons. The van der Waals surface area contributed by atoms with Crippen LogP contribution in [0.3, 0.4) is 0 Å². The van der Waals surface area contributed by atoms with Crippen LogP contribution >= 0.6 is 0 Å². The van der Waals surface area contributed by atoms with Gasteiger partial charge in [-0.1, -0.05) is 48.5 Å². The lowest BCUT2D eigenvalue weighted by Gasteiger charge is -2.19. The van der Waals surface area contributed by atoms with E-state index in [1.807, 2.05) is 54.6 Å². The van der Waals surface area contributed by atoms with Gasteiger partial charge in [0.25, 0.3) is 5.91 Å². The lowest BCUT2D eigenvalue weighted by Crippen LogP contribution is -2.41. The Morgan fingerprint density at radius 2 is 1.85 bits per heavy atom. The smallest absolute Gasteiger partial charge is 0.268 e. The van der Waals surface area contributed by atoms with Crippen molar-refractivity contribution in [1.29, 1.82) is 0 Å². The topological polar surface area (TPSA) is 79.3 Å². The van der Waals surface area contributed by atoms with Crippen LogP contribution in [0.25, 0.3) is 22.3 Å². The molecular weight excluding hydrogens is 338 g/mol. The summed E-state index contributed by atoms with van der Waals surface area (Å²) in [5.74, 6) is 1.57. The first kappa shape index (κ1) is 16.7. The Kier molecular flexibility index (Phi) is 4.45. The molecule has 4 rings (SSSR count). The summed E-state index contributed by atoms with van der Waals surface area (Å²) in [7, 11) is 0. The summed E-state index contributed by atoms with van der Waals surface area (Å²) in [6, 6.07) is 17.5. The first-order chi connectivity index (χ1) is 13.2. The molecule has 0 aliphatic carbocycles. The monoisotopic (exact) mass is 355 g/mol. The molecule has 6 nitrogen and oxygen atoms in total. The van der Waals surface area contributed by atoms with E-state index in [2.05, 4.69) is 32.2 Å². The Hall–Kier alpha value is -3.80. The number of para-hydroxylation sites is 1. The molecule has 6 heteroatoms. The highest BCUT2D eigenvalue weighted by atomic mass is 16.2. The molecule has 2 aromatic carbocycles. The third-order valence-corrected chi connectivity index (χ3v) is 4.04. The van der Waals surface area contributed by atoms with Gasteiger partial charge in [-0.2, -0.15) is 0 Å². The number of nitrogens with zero attached hydrogens (tertiary/aromatic N) is 3. The second kappa shape index (κ2) is 7.21. The van der Waals surface area contributed by atoms with Gasteiger partial charge >= 0.3 is 0 Å². The number of aromatic nitrogens is 2. The second-order valence-corrected chi connectivity index (χ2v) is 5.93. The average Bonchev–Trinajstić information content (AvgIpc) is 2.69. The van der Waals surface area contributed by atoms with Crippen molar-refractivity contribution in [3.63, 3.8) is 0 Å². The number of nitrogens with one attached hydrogen (secondary N) is 2. The zero-order valence-electron chi connectivity index (χ0n) is 14.5. The summed E-state index contributed by atoms with van der Waals surface area (Å²) < 4.78 is 0. The average molecular weight is 355 g/mol. The van der Waals surface area contributed by atoms with Crippen LogP contribution in [-0.4, -0.2) is 28.3 Å². The zero-order chi connectivity index (χ0) is 18.6. The fraction of sp³-hybridized carbons (Fsp3) is 0.0476. The first-order valence-corrected chi connectivity index (χ1v) is 8.53. The maximum Gasteiger partial charge on any atom is 0.268 e. The molecule has 0 spiro atoms. The molecule has 1 aromatic heterocycles. The van der Waals surface area contributed by atoms with E-state index in [4.69, 9.17) is 0 Å². The summed E-state index contributed by atoms with van der Waals surface area (Å²) in [6.07, 6.45) is 3.32. The number of rotatable bonds is 5. The van der Waals surface area contributed by atoms with Gasteiger partial charge in [0.2, 0.25) is 0 Å². The maximum absolute atomic E-state index is 11.9. The largest absolute Gasteiger partial charge is 0.347 e. The Bertz CT molecular complexity index is 1090. The van der Waals surface area contributed by atoms with Crippen molar-refractivity contribution in [2.45, 2.75) is 0 Å². The first-order valence-electron chi connectivity index (χ1n) is 8.53. The fourth-order valence-corrected chi connectivity index (χ4v) is 2.69. The minimum Gasteiger partial charge on any atom is -0.347 e. The van der Waals surface area contributed by atoms with Crippen LogP contribution in [0, 0.1) is 0 Å². The van der Waals surface area contributed by atoms with Crippen molar-refractivity contribution >= 4 is 28.5 Å². The van der Waals surface area contributed by atoms with Gasteiger partial charge in [-0.05, 0) is 12.1 Å². The van der Waals surface area contributed by atoms with Crippen molar-refractivity contribution in [2.75, 3.05) is 6.54 Å². The summed E-state index contributed by atoms with van der Waals surface area (Å²) in [6.45, 7) is 3.99. The quantitative estimate of drug-likeness (QED) is 0.689. The van der Waals surface area contributed by atoms with Crippen molar-refractivity contribution < 1.29 is 4.79 Å². The van der Waals surface area contributed by atoms with E-state index < -0.39 is 0 Å². The van der Waals surface area contributed by atoms with Gasteiger partial charge in [0, 0.05) is 23.6 Å². The van der Waals surface area contributed by atoms with Crippen LogP contribution in [0.4, 0.5) is 5.82 Å². The Balaban J connectivity index is 1.71. The molecule has 132 valence electrons. The van der Waals surface area contributed by atoms with Crippen LogP contribution < -0.4 is 10.6 Å². The highest BCUT2D eigenvalue weighted by molar-refractivity contribution is 6.14. The van der Waals surface area contributed by atoms with Gasteiger partial charge in [0.1, 0.15) is 11.5 Å². The second-order valence-electron chi connectivity index (χ2n) is 5.93. The highest BCUT2D eigenvalue weighted by Gasteiger charge is 2.20. The molecule has 0 saturated carbocycles. The number of fused-ring (bicyclic) bond motifs is 1. The van der Waals surface area contributed by atoms with Gasteiger partial charge in [-0.3, -0.25) is 4.79 Å². The zero-order valence-corrected chi connectivity index (χ0v) is 14.5. The van der Waals surface area contributed by atoms with Crippen molar-refractivity contribution in [3.05, 3.63) is 79.0 Å². The lowest BCUT2D eigenvalue weighted by atomic mass is 10.2. The number of carbonyl (C=O) groups excluding carboxylic acids is 1. The minimum atomic E-state index is -0.189. The van der Waals surface area contributed by atoms with E-state index in [1.165, 1.54) is 0 Å². The van der Waals surface area contributed by atoms with Crippen LogP contribution in [0.15, 0.2) is 84.0 Å². The Labute approximate surface area is 156 Å². The summed E-state index contributed by atoms with van der Waals surface area (Å²) in [5, 5.41) is 6.53. The molecule has 0 bridgehead atoms. The molecular formula is C21H17N5O. The summed E-state index contributed by atoms with van der Waals surface area (Å²) >= 11 is 0. The van der Waals surface area contributed by atoms with Crippen molar-refractivity contribution in [1.82, 2.24) is 20.6 Å². The normalized spacial score (nSPS) is 14.2. The van der Waals surface area contributed by atoms with Crippen LogP contribution in [0.1, 0.15) is 0 Å². The van der Waals surface area contributed by atoms with Gasteiger partial charge < -0.3 is 10.6 Å². The standard InChI is InChI=1S/C21H17N5O/c1-2-12-22-21(27)17-13-18(23-17)25-20-15-10-6-7-11-16(15)24-19(26-20)14-8-4-3-5-9-14/h2-11,13H,1,12H2,(H,22,27)(H,23,24,25,26). The molecule has 27 heavy (non-hydrogen) atoms. The molecule has 0 saturated heterocycles. The number of amides is 1. The highest BCUT2D eigenvalue weighted by Crippen LogP contribution is 2.27. The summed E-state index contributed by atoms with van der Waals surface area (Å²) in [5.41, 5.74) is 2.21. The van der Waals surface area contributed by atoms with Crippen LogP contribution in [-0.2, 0) is 4.79 Å². The number of carbonyl (C=O) groups is 1. The molecule has 0 atom stereocenters. The van der Waals surface area contributed by atoms with E-state index in [0.717, 1.165) is 16.5 Å². The van der Waals surface area contributed by atoms with E-state index in [-0.39, 0.29) is 5.91 Å². The van der Waals surface area contributed by atoms with Gasteiger partial charge in [-0.25, -0.2) is 15.0 Å². The number of aliphatic imine (C=N–C) groups is 1. The predicted octanol–water partition coefficient (Wildman–Crippen LogP) is 3.12. The van der Waals surface area contributed by atoms with E-state index in [9.17, 15) is 4.79 Å². The molecule has 1 aliphatic heterocycles. The lowest BCUT2D eigenvalue weighted by molar-refractivity contribution is -0.117. The van der Waals surface area contributed by atoms with Crippen molar-refractivity contribution in [3.8, 4) is 11.4 Å². The van der Waals surface area contributed by atoms with Gasteiger partial charge in [-0.15, -0.1) is 6.58 Å². The van der Waals surface area contributed by atoms with Crippen LogP contribution in [0.5, 0.6) is 0 Å². The molecule has 3 aromatic rings. The molecule has 0 fully saturated rings. The van der Waals surface area contributed by atoms with Crippen LogP contribution in [0.2, 0.25) is 0 Å². The van der Waals surface area contributed by atoms with E-state index >= 15 is 0 Å². The number of amidine groups is 1. The third-order valence-electron chi connectivity index (χ3n) is 4.04. The van der Waals surface area contributed by atoms with Crippen molar-refractivity contribution in [2.24, 2.45) is 4.99 Å². The van der Waals surface area contributed by atoms with Gasteiger partial charge in [0.05, 0.1) is 5.52 Å². The van der Waals surface area contributed by atoms with Gasteiger partial charge in [0.15, 0.2) is 11.6 Å². The summed E-state index contributed by atoms with van der Waals surface area (Å²) in [4.78, 5) is 25.7. The number of benzene rings is 2. The Morgan fingerprint density at radius 1 is 1.11 bits per heavy atom. The number of hydrogen-bond donors (Lipinski definition) is 2. The number of hydrogen-bond acceptors (Lipinski definition) is 4. The maximum atomic E-state index is 11.9. The fourth-order valence-electron chi connectivity index (χ4n) is 2.69. The minimum absolute atomic E-state index is 0.189. The molecule has 1 aliphatic rings. The SMILES string of the molecule is C=CCNC(=O)C1=CC(=Nc2nc(-c3ccccc3)nc3ccccc23)N1. The van der Waals surface area contributed by atoms with E-state index in [1.54, 1.807) is 12.2 Å². The third kappa shape index (κ3) is 3.46. The predicted molar refractivity (Wildman–Crippen MR) is 106 cm³/mol. The van der Waals surface area contributed by atoms with E-state index in [0.29, 0.717) is 29.7 Å². The molecule has 2 N–H and O–H groups in total. The Morgan fingerprint density at radius 3 is 2.63 bits per heavy atom.